The molecule has 1 N–H and O–H groups in total. The second-order valence-electron chi connectivity index (χ2n) is 9.33. The number of fused-ring (bicyclic) bond motifs is 1. The van der Waals surface area contributed by atoms with Crippen molar-refractivity contribution in [1.29, 1.82) is 5.41 Å². The Bertz CT molecular complexity index is 1280. The van der Waals surface area contributed by atoms with Gasteiger partial charge in [-0.2, -0.15) is 15.1 Å². The van der Waals surface area contributed by atoms with Gasteiger partial charge in [-0.25, -0.2) is 0 Å². The lowest BCUT2D eigenvalue weighted by Crippen LogP contribution is -2.35. The molecule has 4 rings (SSSR count). The first kappa shape index (κ1) is 27.4. The Kier molecular flexibility index (Phi) is 8.89. The van der Waals surface area contributed by atoms with Crippen molar-refractivity contribution in [1.82, 2.24) is 5.01 Å². The van der Waals surface area contributed by atoms with E-state index in [-0.39, 0.29) is 17.3 Å². The molecule has 8 nitrogen and oxygen atoms in total. The van der Waals surface area contributed by atoms with Crippen LogP contribution < -0.4 is 14.2 Å². The Labute approximate surface area is 228 Å². The van der Waals surface area contributed by atoms with Crippen molar-refractivity contribution in [3.63, 3.8) is 0 Å². The van der Waals surface area contributed by atoms with Crippen LogP contribution in [0.5, 0.6) is 17.2 Å². The van der Waals surface area contributed by atoms with Gasteiger partial charge in [-0.15, -0.1) is 0 Å². The molecule has 38 heavy (non-hydrogen) atoms. The van der Waals surface area contributed by atoms with Crippen molar-refractivity contribution in [2.45, 2.75) is 47.0 Å². The minimum absolute atomic E-state index is 0.00997. The number of hydrogen-bond acceptors (Lipinski definition) is 7. The Hall–Kier alpha value is -3.59. The van der Waals surface area contributed by atoms with Gasteiger partial charge < -0.3 is 14.2 Å². The maximum absolute atomic E-state index is 12.7. The Morgan fingerprint density at radius 2 is 1.74 bits per heavy atom. The number of amides is 1. The third-order valence-electron chi connectivity index (χ3n) is 6.21. The molecule has 2 heterocycles. The van der Waals surface area contributed by atoms with Crippen LogP contribution in [0.15, 0.2) is 58.1 Å². The number of amidine groups is 2. The minimum Gasteiger partial charge on any atom is -0.490 e. The van der Waals surface area contributed by atoms with Gasteiger partial charge in [0.05, 0.1) is 12.2 Å². The lowest BCUT2D eigenvalue weighted by Gasteiger charge is -2.20. The Morgan fingerprint density at radius 1 is 1.00 bits per heavy atom. The topological polar surface area (TPSA) is 96.6 Å². The molecular formula is C29H34N4O4S. The number of carbonyl (C=O) groups excluding carboxylic acids is 1. The number of nitrogens with zero attached hydrogens (tertiary/aromatic N) is 3. The predicted octanol–water partition coefficient (Wildman–Crippen LogP) is 6.33. The second-order valence-corrected chi connectivity index (χ2v) is 10.3. The summed E-state index contributed by atoms with van der Waals surface area (Å²) in [7, 11) is 0. The quantitative estimate of drug-likeness (QED) is 0.267. The van der Waals surface area contributed by atoms with Crippen molar-refractivity contribution in [3.05, 3.63) is 59.2 Å². The van der Waals surface area contributed by atoms with Gasteiger partial charge in [0.15, 0.2) is 17.3 Å². The second kappa shape index (κ2) is 12.3. The van der Waals surface area contributed by atoms with E-state index in [2.05, 4.69) is 36.1 Å². The lowest BCUT2D eigenvalue weighted by atomic mass is 9.99. The maximum Gasteiger partial charge on any atom is 0.283 e. The number of hydrazone groups is 1. The van der Waals surface area contributed by atoms with Crippen LogP contribution in [0.3, 0.4) is 0 Å². The van der Waals surface area contributed by atoms with E-state index in [1.54, 1.807) is 18.2 Å². The zero-order chi connectivity index (χ0) is 27.2. The van der Waals surface area contributed by atoms with Crippen LogP contribution in [0.4, 0.5) is 0 Å². The standard InChI is InChI=1S/C29H34N4O4S/c1-6-19(5)21-9-11-22(12-10-21)36-14-15-37-24-13-8-20(17-25(24)35-7-2)16-23-26(30)33-29(31-27(23)34)38-28(32-33)18(3)4/h8-13,16-19,30H,6-7,14-15H2,1-5H3/b23-16-,30-26?. The molecule has 2 aliphatic rings. The smallest absolute Gasteiger partial charge is 0.283 e. The molecule has 0 spiro atoms. The molecule has 0 saturated carbocycles. The van der Waals surface area contributed by atoms with Gasteiger partial charge in [-0.1, -0.05) is 45.9 Å². The average molecular weight is 535 g/mol. The maximum atomic E-state index is 12.7. The summed E-state index contributed by atoms with van der Waals surface area (Å²) in [6, 6.07) is 13.6. The summed E-state index contributed by atoms with van der Waals surface area (Å²) in [5.74, 6) is 2.20. The molecule has 0 aliphatic carbocycles. The number of rotatable bonds is 11. The molecule has 2 aliphatic heterocycles. The van der Waals surface area contributed by atoms with Crippen LogP contribution in [-0.2, 0) is 4.79 Å². The Morgan fingerprint density at radius 3 is 2.42 bits per heavy atom. The average Bonchev–Trinajstić information content (AvgIpc) is 3.34. The number of hydrogen-bond donors (Lipinski definition) is 1. The summed E-state index contributed by atoms with van der Waals surface area (Å²) in [4.78, 5) is 16.9. The summed E-state index contributed by atoms with van der Waals surface area (Å²) in [6.07, 6.45) is 2.74. The number of carbonyl (C=O) groups is 1. The van der Waals surface area contributed by atoms with E-state index in [0.717, 1.165) is 17.2 Å². The molecule has 2 aromatic rings. The molecule has 9 heteroatoms. The number of thioether (sulfide) groups is 1. The van der Waals surface area contributed by atoms with E-state index in [1.165, 1.54) is 22.3 Å². The highest BCUT2D eigenvalue weighted by molar-refractivity contribution is 8.27. The van der Waals surface area contributed by atoms with Gasteiger partial charge >= 0.3 is 0 Å². The van der Waals surface area contributed by atoms with Crippen LogP contribution in [0.25, 0.3) is 6.08 Å². The molecule has 0 bridgehead atoms. The number of benzene rings is 2. The molecule has 0 fully saturated rings. The summed E-state index contributed by atoms with van der Waals surface area (Å²) in [6.45, 7) is 11.5. The fraction of sp³-hybridized carbons (Fsp3) is 0.379. The van der Waals surface area contributed by atoms with E-state index in [4.69, 9.17) is 19.6 Å². The monoisotopic (exact) mass is 534 g/mol. The van der Waals surface area contributed by atoms with Crippen LogP contribution in [0, 0.1) is 11.3 Å². The van der Waals surface area contributed by atoms with Crippen molar-refractivity contribution in [2.24, 2.45) is 16.0 Å². The van der Waals surface area contributed by atoms with E-state index < -0.39 is 5.91 Å². The largest absolute Gasteiger partial charge is 0.490 e. The Balaban J connectivity index is 1.42. The fourth-order valence-electron chi connectivity index (χ4n) is 3.85. The zero-order valence-electron chi connectivity index (χ0n) is 22.5. The van der Waals surface area contributed by atoms with E-state index in [1.807, 2.05) is 39.0 Å². The van der Waals surface area contributed by atoms with Gasteiger partial charge in [0, 0.05) is 5.92 Å². The highest BCUT2D eigenvalue weighted by Crippen LogP contribution is 2.33. The first-order chi connectivity index (χ1) is 18.3. The van der Waals surface area contributed by atoms with E-state index in [0.29, 0.717) is 48.0 Å². The molecule has 0 saturated heterocycles. The van der Waals surface area contributed by atoms with E-state index >= 15 is 0 Å². The summed E-state index contributed by atoms with van der Waals surface area (Å²) < 4.78 is 17.6. The van der Waals surface area contributed by atoms with Crippen LogP contribution >= 0.6 is 11.8 Å². The molecule has 1 unspecified atom stereocenters. The van der Waals surface area contributed by atoms with E-state index in [9.17, 15) is 4.79 Å². The summed E-state index contributed by atoms with van der Waals surface area (Å²) >= 11 is 1.33. The van der Waals surface area contributed by atoms with Crippen molar-refractivity contribution < 1.29 is 19.0 Å². The van der Waals surface area contributed by atoms with Gasteiger partial charge in [0.25, 0.3) is 5.91 Å². The molecular weight excluding hydrogens is 500 g/mol. The third-order valence-corrected chi connectivity index (χ3v) is 7.42. The van der Waals surface area contributed by atoms with Crippen molar-refractivity contribution in [3.8, 4) is 17.2 Å². The first-order valence-electron chi connectivity index (χ1n) is 12.9. The number of ether oxygens (including phenoxy) is 3. The normalized spacial score (nSPS) is 16.9. The molecule has 2 aromatic carbocycles. The van der Waals surface area contributed by atoms with Crippen LogP contribution in [0.1, 0.15) is 58.1 Å². The summed E-state index contributed by atoms with van der Waals surface area (Å²) in [5.41, 5.74) is 2.18. The fourth-order valence-corrected chi connectivity index (χ4v) is 4.74. The highest BCUT2D eigenvalue weighted by atomic mass is 32.2. The molecule has 1 amide bonds. The third kappa shape index (κ3) is 6.27. The van der Waals surface area contributed by atoms with Gasteiger partial charge in [0.1, 0.15) is 24.0 Å². The SMILES string of the molecule is CCOc1cc(/C=C2/C(=N)N3N=C(C(C)C)SC3=NC2=O)ccc1OCCOc1ccc(C(C)CC)cc1. The zero-order valence-corrected chi connectivity index (χ0v) is 23.3. The summed E-state index contributed by atoms with van der Waals surface area (Å²) in [5, 5.41) is 15.7. The predicted molar refractivity (Wildman–Crippen MR) is 154 cm³/mol. The van der Waals surface area contributed by atoms with Gasteiger partial charge in [0.2, 0.25) is 5.17 Å². The first-order valence-corrected chi connectivity index (χ1v) is 13.7. The molecule has 0 radical (unpaired) electrons. The van der Waals surface area contributed by atoms with Crippen molar-refractivity contribution in [2.75, 3.05) is 19.8 Å². The lowest BCUT2D eigenvalue weighted by molar-refractivity contribution is -0.114. The minimum atomic E-state index is -0.457. The van der Waals surface area contributed by atoms with Crippen LogP contribution in [0.2, 0.25) is 0 Å². The van der Waals surface area contributed by atoms with Gasteiger partial charge in [-0.05, 0) is 72.5 Å². The molecule has 1 atom stereocenters. The van der Waals surface area contributed by atoms with Gasteiger partial charge in [-0.3, -0.25) is 10.2 Å². The van der Waals surface area contributed by atoms with Crippen LogP contribution in [-0.4, -0.2) is 46.8 Å². The highest BCUT2D eigenvalue weighted by Gasteiger charge is 2.36. The molecule has 0 aromatic heterocycles. The van der Waals surface area contributed by atoms with Crippen molar-refractivity contribution >= 4 is 39.8 Å². The molecule has 200 valence electrons. The number of aliphatic imine (C=N–C) groups is 1. The number of nitrogens with one attached hydrogen (secondary N) is 1.